The maximum atomic E-state index is 13.2. The highest BCUT2D eigenvalue weighted by molar-refractivity contribution is 9.10. The number of hydrogen-bond donors (Lipinski definition) is 1. The molecule has 0 saturated heterocycles. The molecule has 1 atom stereocenters. The molecule has 0 spiro atoms. The van der Waals surface area contributed by atoms with Gasteiger partial charge in [0.25, 0.3) is 5.91 Å². The second kappa shape index (κ2) is 12.1. The highest BCUT2D eigenvalue weighted by atomic mass is 79.9. The summed E-state index contributed by atoms with van der Waals surface area (Å²) in [6, 6.07) is 18.3. The average molecular weight is 532 g/mol. The van der Waals surface area contributed by atoms with Crippen molar-refractivity contribution < 1.29 is 14.3 Å². The number of benzene rings is 3. The Morgan fingerprint density at radius 1 is 1.12 bits per heavy atom. The third-order valence-corrected chi connectivity index (χ3v) is 6.47. The minimum absolute atomic E-state index is 0.189. The van der Waals surface area contributed by atoms with E-state index >= 15 is 0 Å². The van der Waals surface area contributed by atoms with Crippen LogP contribution in [0.1, 0.15) is 32.3 Å². The highest BCUT2D eigenvalue weighted by Gasteiger charge is 2.26. The van der Waals surface area contributed by atoms with Crippen LogP contribution < -0.4 is 10.1 Å². The van der Waals surface area contributed by atoms with Gasteiger partial charge in [0.2, 0.25) is 5.91 Å². The summed E-state index contributed by atoms with van der Waals surface area (Å²) < 4.78 is 6.67. The van der Waals surface area contributed by atoms with E-state index in [2.05, 4.69) is 28.2 Å². The van der Waals surface area contributed by atoms with Gasteiger partial charge in [0, 0.05) is 18.1 Å². The van der Waals surface area contributed by atoms with Gasteiger partial charge in [-0.05, 0) is 63.8 Å². The van der Waals surface area contributed by atoms with Gasteiger partial charge in [0.1, 0.15) is 11.8 Å². The predicted octanol–water partition coefficient (Wildman–Crippen LogP) is 5.97. The Balaban J connectivity index is 1.76. The molecule has 0 aliphatic carbocycles. The first-order valence-electron chi connectivity index (χ1n) is 11.0. The summed E-state index contributed by atoms with van der Waals surface area (Å²) in [6.45, 7) is 4.44. The van der Waals surface area contributed by atoms with E-state index in [1.54, 1.807) is 19.1 Å². The number of amides is 2. The Bertz CT molecular complexity index is 1120. The molecule has 33 heavy (non-hydrogen) atoms. The van der Waals surface area contributed by atoms with E-state index in [4.69, 9.17) is 16.3 Å². The summed E-state index contributed by atoms with van der Waals surface area (Å²) in [5, 5.41) is 5.57. The van der Waals surface area contributed by atoms with Crippen molar-refractivity contribution in [1.82, 2.24) is 10.2 Å². The minimum Gasteiger partial charge on any atom is -0.483 e. The van der Waals surface area contributed by atoms with Crippen LogP contribution in [0.2, 0.25) is 5.02 Å². The van der Waals surface area contributed by atoms with Crippen molar-refractivity contribution >= 4 is 50.1 Å². The molecule has 0 aromatic heterocycles. The van der Waals surface area contributed by atoms with Crippen LogP contribution in [0, 0.1) is 0 Å². The number of unbranched alkanes of at least 4 members (excludes halogenated alkanes) is 1. The molecule has 3 aromatic rings. The molecule has 0 aliphatic heterocycles. The second-order valence-electron chi connectivity index (χ2n) is 7.86. The summed E-state index contributed by atoms with van der Waals surface area (Å²) in [5.41, 5.74) is 0.843. The van der Waals surface area contributed by atoms with E-state index < -0.39 is 6.04 Å². The van der Waals surface area contributed by atoms with Gasteiger partial charge in [-0.25, -0.2) is 0 Å². The van der Waals surface area contributed by atoms with E-state index in [0.717, 1.165) is 33.7 Å². The molecule has 3 aromatic carbocycles. The summed E-state index contributed by atoms with van der Waals surface area (Å²) in [4.78, 5) is 27.5. The van der Waals surface area contributed by atoms with Gasteiger partial charge in [-0.15, -0.1) is 0 Å². The lowest BCUT2D eigenvalue weighted by atomic mass is 10.1. The zero-order valence-corrected chi connectivity index (χ0v) is 21.2. The molecule has 2 amide bonds. The van der Waals surface area contributed by atoms with Gasteiger partial charge in [-0.3, -0.25) is 9.59 Å². The summed E-state index contributed by atoms with van der Waals surface area (Å²) in [5.74, 6) is 0.101. The van der Waals surface area contributed by atoms with Crippen LogP contribution in [0.25, 0.3) is 10.8 Å². The van der Waals surface area contributed by atoms with Gasteiger partial charge in [0.05, 0.1) is 4.47 Å². The first-order valence-corrected chi connectivity index (χ1v) is 12.2. The monoisotopic (exact) mass is 530 g/mol. The maximum Gasteiger partial charge on any atom is 0.261 e. The number of carbonyl (C=O) groups is 2. The predicted molar refractivity (Wildman–Crippen MR) is 137 cm³/mol. The Kier molecular flexibility index (Phi) is 9.15. The van der Waals surface area contributed by atoms with Crippen LogP contribution in [-0.4, -0.2) is 35.9 Å². The number of hydrogen-bond acceptors (Lipinski definition) is 3. The smallest absolute Gasteiger partial charge is 0.261 e. The number of nitrogens with zero attached hydrogens (tertiary/aromatic N) is 1. The zero-order chi connectivity index (χ0) is 23.8. The van der Waals surface area contributed by atoms with Crippen LogP contribution >= 0.6 is 27.5 Å². The number of rotatable bonds is 10. The minimum atomic E-state index is -0.656. The first-order chi connectivity index (χ1) is 15.9. The molecule has 174 valence electrons. The highest BCUT2D eigenvalue weighted by Crippen LogP contribution is 2.33. The molecule has 1 N–H and O–H groups in total. The standard InChI is InChI=1S/C26H28BrClN2O3/c1-3-4-14-29-26(32)18(2)30(16-19-8-7-10-21(28)15-19)24(31)17-33-23-13-12-20-9-5-6-11-22(20)25(23)27/h5-13,15,18H,3-4,14,16-17H2,1-2H3,(H,29,32)/t18-/m0/s1. The van der Waals surface area contributed by atoms with Crippen molar-refractivity contribution in [2.45, 2.75) is 39.3 Å². The molecule has 0 heterocycles. The molecule has 3 rings (SSSR count). The number of ether oxygens (including phenoxy) is 1. The largest absolute Gasteiger partial charge is 0.483 e. The second-order valence-corrected chi connectivity index (χ2v) is 9.09. The number of halogens is 2. The molecular weight excluding hydrogens is 504 g/mol. The number of nitrogens with one attached hydrogen (secondary N) is 1. The number of fused-ring (bicyclic) bond motifs is 1. The molecule has 0 fully saturated rings. The van der Waals surface area contributed by atoms with Crippen molar-refractivity contribution in [3.05, 3.63) is 75.7 Å². The topological polar surface area (TPSA) is 58.6 Å². The van der Waals surface area contributed by atoms with E-state index in [1.165, 1.54) is 4.90 Å². The van der Waals surface area contributed by atoms with Gasteiger partial charge in [0.15, 0.2) is 6.61 Å². The van der Waals surface area contributed by atoms with Crippen LogP contribution in [0.5, 0.6) is 5.75 Å². The fraction of sp³-hybridized carbons (Fsp3) is 0.308. The zero-order valence-electron chi connectivity index (χ0n) is 18.8. The van der Waals surface area contributed by atoms with Crippen molar-refractivity contribution in [2.75, 3.05) is 13.2 Å². The van der Waals surface area contributed by atoms with Crippen molar-refractivity contribution in [1.29, 1.82) is 0 Å². The Morgan fingerprint density at radius 2 is 1.91 bits per heavy atom. The van der Waals surface area contributed by atoms with Crippen LogP contribution in [-0.2, 0) is 16.1 Å². The fourth-order valence-corrected chi connectivity index (χ4v) is 4.32. The van der Waals surface area contributed by atoms with Crippen molar-refractivity contribution in [2.24, 2.45) is 0 Å². The van der Waals surface area contributed by atoms with E-state index in [0.29, 0.717) is 17.3 Å². The van der Waals surface area contributed by atoms with Gasteiger partial charge >= 0.3 is 0 Å². The lowest BCUT2D eigenvalue weighted by molar-refractivity contribution is -0.142. The molecule has 5 nitrogen and oxygen atoms in total. The summed E-state index contributed by atoms with van der Waals surface area (Å²) in [7, 11) is 0. The molecule has 0 unspecified atom stereocenters. The molecule has 0 saturated carbocycles. The van der Waals surface area contributed by atoms with Crippen LogP contribution in [0.15, 0.2) is 65.1 Å². The number of carbonyl (C=O) groups excluding carboxylic acids is 2. The van der Waals surface area contributed by atoms with E-state index in [-0.39, 0.29) is 25.0 Å². The summed E-state index contributed by atoms with van der Waals surface area (Å²) in [6.07, 6.45) is 1.87. The van der Waals surface area contributed by atoms with E-state index in [9.17, 15) is 9.59 Å². The molecule has 0 bridgehead atoms. The Labute approximate surface area is 208 Å². The lowest BCUT2D eigenvalue weighted by Gasteiger charge is -2.29. The maximum absolute atomic E-state index is 13.2. The normalized spacial score (nSPS) is 11.8. The molecule has 7 heteroatoms. The van der Waals surface area contributed by atoms with Crippen molar-refractivity contribution in [3.8, 4) is 5.75 Å². The van der Waals surface area contributed by atoms with Gasteiger partial charge in [-0.2, -0.15) is 0 Å². The summed E-state index contributed by atoms with van der Waals surface area (Å²) >= 11 is 9.72. The SMILES string of the molecule is CCCCNC(=O)[C@H](C)N(Cc1cccc(Cl)c1)C(=O)COc1ccc2ccccc2c1Br. The van der Waals surface area contributed by atoms with Crippen LogP contribution in [0.4, 0.5) is 0 Å². The van der Waals surface area contributed by atoms with E-state index in [1.807, 2.05) is 48.5 Å². The quantitative estimate of drug-likeness (QED) is 0.328. The third-order valence-electron chi connectivity index (χ3n) is 5.42. The Hall–Kier alpha value is -2.57. The van der Waals surface area contributed by atoms with Gasteiger partial charge < -0.3 is 15.0 Å². The lowest BCUT2D eigenvalue weighted by Crippen LogP contribution is -2.49. The molecular formula is C26H28BrClN2O3. The molecule has 0 radical (unpaired) electrons. The Morgan fingerprint density at radius 3 is 2.67 bits per heavy atom. The van der Waals surface area contributed by atoms with Crippen molar-refractivity contribution in [3.63, 3.8) is 0 Å². The third kappa shape index (κ3) is 6.71. The average Bonchev–Trinajstić information content (AvgIpc) is 2.82. The van der Waals surface area contributed by atoms with Gasteiger partial charge in [-0.1, -0.05) is 67.4 Å². The first kappa shape index (κ1) is 25.1. The van der Waals surface area contributed by atoms with Crippen LogP contribution in [0.3, 0.4) is 0 Å². The molecule has 0 aliphatic rings. The fourth-order valence-electron chi connectivity index (χ4n) is 3.50.